The molecule has 2 aliphatic rings. The molecule has 1 atom stereocenters. The summed E-state index contributed by atoms with van der Waals surface area (Å²) >= 11 is 0. The Morgan fingerprint density at radius 1 is 1.40 bits per heavy atom. The Balaban J connectivity index is 1.83. The number of aryl methyl sites for hydroxylation is 1. The molecule has 0 amide bonds. The molecule has 1 unspecified atom stereocenters. The summed E-state index contributed by atoms with van der Waals surface area (Å²) < 4.78 is 5.80. The number of hydrogen-bond donors (Lipinski definition) is 1. The fraction of sp³-hybridized carbons (Fsp3) is 0.750. The molecule has 0 radical (unpaired) electrons. The van der Waals surface area contributed by atoms with Gasteiger partial charge in [-0.2, -0.15) is 0 Å². The van der Waals surface area contributed by atoms with Crippen molar-refractivity contribution in [2.45, 2.75) is 50.5 Å². The van der Waals surface area contributed by atoms with Gasteiger partial charge in [0.05, 0.1) is 0 Å². The third-order valence-electron chi connectivity index (χ3n) is 4.95. The highest BCUT2D eigenvalue weighted by Crippen LogP contribution is 2.40. The quantitative estimate of drug-likeness (QED) is 0.915. The van der Waals surface area contributed by atoms with Crippen molar-refractivity contribution in [1.29, 1.82) is 0 Å². The van der Waals surface area contributed by atoms with Crippen LogP contribution >= 0.6 is 0 Å². The van der Waals surface area contributed by atoms with Gasteiger partial charge in [0.1, 0.15) is 5.60 Å². The van der Waals surface area contributed by atoms with Crippen molar-refractivity contribution >= 4 is 0 Å². The Labute approximate surface area is 121 Å². The van der Waals surface area contributed by atoms with E-state index in [1.807, 2.05) is 7.05 Å². The molecule has 20 heavy (non-hydrogen) atoms. The third kappa shape index (κ3) is 2.47. The van der Waals surface area contributed by atoms with Gasteiger partial charge in [-0.25, -0.2) is 9.97 Å². The van der Waals surface area contributed by atoms with Crippen LogP contribution in [-0.4, -0.2) is 30.7 Å². The number of methoxy groups -OCH3 is 1. The van der Waals surface area contributed by atoms with E-state index in [-0.39, 0.29) is 5.60 Å². The summed E-state index contributed by atoms with van der Waals surface area (Å²) in [4.78, 5) is 9.53. The first kappa shape index (κ1) is 14.0. The molecule has 1 saturated carbocycles. The van der Waals surface area contributed by atoms with Crippen molar-refractivity contribution in [2.24, 2.45) is 5.92 Å². The second-order valence-electron chi connectivity index (χ2n) is 6.24. The van der Waals surface area contributed by atoms with E-state index in [4.69, 9.17) is 9.72 Å². The highest BCUT2D eigenvalue weighted by atomic mass is 16.5. The van der Waals surface area contributed by atoms with Crippen LogP contribution in [0.4, 0.5) is 0 Å². The van der Waals surface area contributed by atoms with E-state index in [0.29, 0.717) is 0 Å². The van der Waals surface area contributed by atoms with Gasteiger partial charge in [0.15, 0.2) is 5.82 Å². The Morgan fingerprint density at radius 2 is 2.20 bits per heavy atom. The SMILES string of the molecule is CNCC1CCc2nc(C3(OC)CCCC3)ncc2C1. The zero-order valence-corrected chi connectivity index (χ0v) is 12.6. The molecule has 1 fully saturated rings. The summed E-state index contributed by atoms with van der Waals surface area (Å²) in [5, 5.41) is 3.28. The van der Waals surface area contributed by atoms with E-state index in [2.05, 4.69) is 16.5 Å². The normalized spacial score (nSPS) is 24.6. The van der Waals surface area contributed by atoms with Crippen LogP contribution in [0.2, 0.25) is 0 Å². The summed E-state index contributed by atoms with van der Waals surface area (Å²) in [6, 6.07) is 0. The molecule has 1 aromatic heterocycles. The van der Waals surface area contributed by atoms with Crippen molar-refractivity contribution < 1.29 is 4.74 Å². The number of rotatable bonds is 4. The molecular weight excluding hydrogens is 250 g/mol. The second kappa shape index (κ2) is 5.78. The van der Waals surface area contributed by atoms with Crippen LogP contribution in [0.25, 0.3) is 0 Å². The van der Waals surface area contributed by atoms with Gasteiger partial charge in [-0.15, -0.1) is 0 Å². The minimum absolute atomic E-state index is 0.211. The molecule has 1 N–H and O–H groups in total. The lowest BCUT2D eigenvalue weighted by atomic mass is 9.87. The first-order valence-corrected chi connectivity index (χ1v) is 7.82. The van der Waals surface area contributed by atoms with Crippen LogP contribution in [0.5, 0.6) is 0 Å². The lowest BCUT2D eigenvalue weighted by Crippen LogP contribution is -2.30. The molecule has 4 nitrogen and oxygen atoms in total. The fourth-order valence-electron chi connectivity index (χ4n) is 3.73. The average molecular weight is 275 g/mol. The Bertz CT molecular complexity index is 469. The standard InChI is InChI=1S/C16H25N3O/c1-17-10-12-5-6-14-13(9-12)11-18-15(19-14)16(20-2)7-3-4-8-16/h11-12,17H,3-10H2,1-2H3. The minimum atomic E-state index is -0.211. The maximum Gasteiger partial charge on any atom is 0.160 e. The number of hydrogen-bond acceptors (Lipinski definition) is 4. The molecule has 4 heteroatoms. The first-order chi connectivity index (χ1) is 9.77. The minimum Gasteiger partial charge on any atom is -0.370 e. The lowest BCUT2D eigenvalue weighted by Gasteiger charge is -2.28. The van der Waals surface area contributed by atoms with E-state index >= 15 is 0 Å². The molecule has 1 heterocycles. The molecule has 110 valence electrons. The highest BCUT2D eigenvalue weighted by molar-refractivity contribution is 5.23. The fourth-order valence-corrected chi connectivity index (χ4v) is 3.73. The van der Waals surface area contributed by atoms with E-state index in [1.165, 1.54) is 30.5 Å². The van der Waals surface area contributed by atoms with E-state index < -0.39 is 0 Å². The number of nitrogens with zero attached hydrogens (tertiary/aromatic N) is 2. The molecule has 2 aliphatic carbocycles. The monoisotopic (exact) mass is 275 g/mol. The molecule has 0 aromatic carbocycles. The van der Waals surface area contributed by atoms with Crippen molar-refractivity contribution in [3.8, 4) is 0 Å². The topological polar surface area (TPSA) is 47.0 Å². The van der Waals surface area contributed by atoms with Crippen LogP contribution < -0.4 is 5.32 Å². The summed E-state index contributed by atoms with van der Waals surface area (Å²) in [6.07, 6.45) is 10.0. The zero-order valence-electron chi connectivity index (χ0n) is 12.6. The van der Waals surface area contributed by atoms with Gasteiger partial charge in [0, 0.05) is 19.0 Å². The van der Waals surface area contributed by atoms with Crippen LogP contribution in [-0.2, 0) is 23.2 Å². The van der Waals surface area contributed by atoms with Crippen LogP contribution in [0.3, 0.4) is 0 Å². The van der Waals surface area contributed by atoms with Crippen molar-refractivity contribution in [2.75, 3.05) is 20.7 Å². The smallest absolute Gasteiger partial charge is 0.160 e. The van der Waals surface area contributed by atoms with E-state index in [9.17, 15) is 0 Å². The predicted molar refractivity (Wildman–Crippen MR) is 78.6 cm³/mol. The zero-order chi connectivity index (χ0) is 14.0. The van der Waals surface area contributed by atoms with Gasteiger partial charge in [0.25, 0.3) is 0 Å². The van der Waals surface area contributed by atoms with Gasteiger partial charge in [0.2, 0.25) is 0 Å². The van der Waals surface area contributed by atoms with Crippen LogP contribution in [0, 0.1) is 5.92 Å². The number of nitrogens with one attached hydrogen (secondary N) is 1. The number of aromatic nitrogens is 2. The largest absolute Gasteiger partial charge is 0.370 e. The molecule has 0 bridgehead atoms. The predicted octanol–water partition coefficient (Wildman–Crippen LogP) is 2.22. The average Bonchev–Trinajstić information content (AvgIpc) is 2.97. The molecule has 3 rings (SSSR count). The van der Waals surface area contributed by atoms with Crippen molar-refractivity contribution in [1.82, 2.24) is 15.3 Å². The Kier molecular flexibility index (Phi) is 4.03. The van der Waals surface area contributed by atoms with Gasteiger partial charge in [-0.05, 0) is 70.0 Å². The maximum atomic E-state index is 5.80. The molecule has 0 aliphatic heterocycles. The van der Waals surface area contributed by atoms with E-state index in [0.717, 1.165) is 44.0 Å². The maximum absolute atomic E-state index is 5.80. The Morgan fingerprint density at radius 3 is 2.90 bits per heavy atom. The summed E-state index contributed by atoms with van der Waals surface area (Å²) in [5.74, 6) is 1.65. The Hall–Kier alpha value is -1.00. The van der Waals surface area contributed by atoms with Gasteiger partial charge in [-0.1, -0.05) is 0 Å². The van der Waals surface area contributed by atoms with Gasteiger partial charge < -0.3 is 10.1 Å². The van der Waals surface area contributed by atoms with Crippen molar-refractivity contribution in [3.05, 3.63) is 23.3 Å². The molecule has 0 spiro atoms. The second-order valence-corrected chi connectivity index (χ2v) is 6.24. The highest BCUT2D eigenvalue weighted by Gasteiger charge is 2.39. The number of fused-ring (bicyclic) bond motifs is 1. The summed E-state index contributed by atoms with van der Waals surface area (Å²) in [5.41, 5.74) is 2.38. The van der Waals surface area contributed by atoms with Gasteiger partial charge >= 0.3 is 0 Å². The van der Waals surface area contributed by atoms with Gasteiger partial charge in [-0.3, -0.25) is 0 Å². The van der Waals surface area contributed by atoms with E-state index in [1.54, 1.807) is 7.11 Å². The first-order valence-electron chi connectivity index (χ1n) is 7.82. The third-order valence-corrected chi connectivity index (χ3v) is 4.95. The lowest BCUT2D eigenvalue weighted by molar-refractivity contribution is -0.0165. The molecular formula is C16H25N3O. The number of ether oxygens (including phenoxy) is 1. The molecule has 0 saturated heterocycles. The van der Waals surface area contributed by atoms with Crippen LogP contribution in [0.1, 0.15) is 49.2 Å². The van der Waals surface area contributed by atoms with Crippen molar-refractivity contribution in [3.63, 3.8) is 0 Å². The molecule has 1 aromatic rings. The summed E-state index contributed by atoms with van der Waals surface area (Å²) in [6.45, 7) is 1.09. The summed E-state index contributed by atoms with van der Waals surface area (Å²) in [7, 11) is 3.83. The van der Waals surface area contributed by atoms with Crippen LogP contribution in [0.15, 0.2) is 6.20 Å².